The molecule has 0 bridgehead atoms. The lowest BCUT2D eigenvalue weighted by Gasteiger charge is -2.21. The molecule has 0 aromatic carbocycles. The Hall–Kier alpha value is -0.370. The van der Waals surface area contributed by atoms with E-state index in [0.717, 1.165) is 11.1 Å². The molecule has 0 atom stereocenters. The zero-order chi connectivity index (χ0) is 9.45. The molecule has 0 rings (SSSR count). The molecule has 0 aliphatic carbocycles. The summed E-state index contributed by atoms with van der Waals surface area (Å²) in [6.07, 6.45) is 7.19. The third-order valence-corrected chi connectivity index (χ3v) is 1.99. The number of unbranched alkanes of at least 4 members (excludes halogenated alkanes) is 3. The molecule has 0 N–H and O–H groups in total. The van der Waals surface area contributed by atoms with Gasteiger partial charge < -0.3 is 0 Å². The Kier molecular flexibility index (Phi) is 5.99. The first-order valence-electron chi connectivity index (χ1n) is 4.95. The SMILES string of the molecule is C/C=N/[N+](C)(C)CCCCCC. The highest BCUT2D eigenvalue weighted by molar-refractivity contribution is 5.52. The minimum Gasteiger partial charge on any atom is -0.203 e. The van der Waals surface area contributed by atoms with E-state index in [1.807, 2.05) is 13.1 Å². The van der Waals surface area contributed by atoms with Crippen molar-refractivity contribution in [3.8, 4) is 0 Å². The summed E-state index contributed by atoms with van der Waals surface area (Å²) >= 11 is 0. The van der Waals surface area contributed by atoms with Crippen LogP contribution in [-0.2, 0) is 0 Å². The highest BCUT2D eigenvalue weighted by Gasteiger charge is 2.10. The molecular weight excluding hydrogens is 148 g/mol. The maximum atomic E-state index is 4.37. The van der Waals surface area contributed by atoms with Gasteiger partial charge in [-0.2, -0.15) is 0 Å². The molecule has 0 unspecified atom stereocenters. The molecule has 0 saturated carbocycles. The standard InChI is InChI=1S/C10H23N2/c1-5-7-8-9-10-12(3,4)11-6-2/h6H,5,7-10H2,1-4H3/q+1/b11-6+. The Labute approximate surface area is 76.9 Å². The number of quaternary nitrogens is 1. The third-order valence-electron chi connectivity index (χ3n) is 1.99. The minimum atomic E-state index is 0.778. The molecule has 0 aliphatic heterocycles. The van der Waals surface area contributed by atoms with Gasteiger partial charge in [-0.15, -0.1) is 0 Å². The smallest absolute Gasteiger partial charge is 0.103 e. The van der Waals surface area contributed by atoms with Crippen molar-refractivity contribution in [3.63, 3.8) is 0 Å². The third kappa shape index (κ3) is 6.35. The lowest BCUT2D eigenvalue weighted by molar-refractivity contribution is -0.896. The molecule has 0 aromatic rings. The van der Waals surface area contributed by atoms with Gasteiger partial charge in [0.15, 0.2) is 0 Å². The van der Waals surface area contributed by atoms with E-state index in [9.17, 15) is 0 Å². The fraction of sp³-hybridized carbons (Fsp3) is 0.900. The Morgan fingerprint density at radius 1 is 1.17 bits per heavy atom. The van der Waals surface area contributed by atoms with E-state index in [-0.39, 0.29) is 0 Å². The maximum Gasteiger partial charge on any atom is 0.103 e. The number of hydrogen-bond donors (Lipinski definition) is 0. The molecule has 0 aliphatic rings. The Balaban J connectivity index is 3.47. The summed E-state index contributed by atoms with van der Waals surface area (Å²) in [6, 6.07) is 0. The van der Waals surface area contributed by atoms with Crippen LogP contribution in [-0.4, -0.2) is 31.4 Å². The summed E-state index contributed by atoms with van der Waals surface area (Å²) in [4.78, 5) is 0. The largest absolute Gasteiger partial charge is 0.203 e. The molecule has 0 spiro atoms. The summed E-state index contributed by atoms with van der Waals surface area (Å²) in [7, 11) is 4.29. The normalized spacial score (nSPS) is 12.7. The fourth-order valence-electron chi connectivity index (χ4n) is 1.30. The summed E-state index contributed by atoms with van der Waals surface area (Å²) in [5.74, 6) is 0. The van der Waals surface area contributed by atoms with Crippen molar-refractivity contribution in [2.45, 2.75) is 39.5 Å². The van der Waals surface area contributed by atoms with Gasteiger partial charge in [0, 0.05) is 0 Å². The number of hydrogen-bond acceptors (Lipinski definition) is 1. The number of nitrogens with zero attached hydrogens (tertiary/aromatic N) is 2. The van der Waals surface area contributed by atoms with E-state index in [4.69, 9.17) is 0 Å². The van der Waals surface area contributed by atoms with Crippen LogP contribution in [0.5, 0.6) is 0 Å². The first kappa shape index (κ1) is 11.6. The molecule has 0 heterocycles. The van der Waals surface area contributed by atoms with Crippen LogP contribution < -0.4 is 0 Å². The molecule has 0 saturated heterocycles. The first-order valence-corrected chi connectivity index (χ1v) is 4.95. The molecule has 72 valence electrons. The average molecular weight is 171 g/mol. The van der Waals surface area contributed by atoms with Crippen LogP contribution in [0.15, 0.2) is 5.10 Å². The first-order chi connectivity index (χ1) is 5.62. The van der Waals surface area contributed by atoms with Crippen LogP contribution in [0.3, 0.4) is 0 Å². The summed E-state index contributed by atoms with van der Waals surface area (Å²) < 4.78 is 0.778. The Morgan fingerprint density at radius 2 is 1.83 bits per heavy atom. The van der Waals surface area contributed by atoms with Gasteiger partial charge in [0.05, 0.1) is 20.3 Å². The topological polar surface area (TPSA) is 12.4 Å². The van der Waals surface area contributed by atoms with Crippen LogP contribution >= 0.6 is 0 Å². The van der Waals surface area contributed by atoms with Crippen molar-refractivity contribution in [1.82, 2.24) is 0 Å². The van der Waals surface area contributed by atoms with Crippen molar-refractivity contribution in [1.29, 1.82) is 0 Å². The second-order valence-corrected chi connectivity index (χ2v) is 3.78. The van der Waals surface area contributed by atoms with Crippen molar-refractivity contribution < 1.29 is 4.59 Å². The zero-order valence-corrected chi connectivity index (χ0v) is 9.01. The van der Waals surface area contributed by atoms with Gasteiger partial charge in [-0.3, -0.25) is 0 Å². The van der Waals surface area contributed by atoms with Crippen LogP contribution in [0.4, 0.5) is 0 Å². The molecule has 12 heavy (non-hydrogen) atoms. The second-order valence-electron chi connectivity index (χ2n) is 3.78. The zero-order valence-electron chi connectivity index (χ0n) is 9.01. The van der Waals surface area contributed by atoms with Gasteiger partial charge in [0.1, 0.15) is 6.54 Å². The van der Waals surface area contributed by atoms with Crippen LogP contribution in [0.1, 0.15) is 39.5 Å². The summed E-state index contributed by atoms with van der Waals surface area (Å²) in [6.45, 7) is 5.38. The molecule has 0 radical (unpaired) electrons. The molecule has 2 heteroatoms. The average Bonchev–Trinajstić information content (AvgIpc) is 1.98. The van der Waals surface area contributed by atoms with Gasteiger partial charge in [-0.1, -0.05) is 24.9 Å². The molecule has 0 fully saturated rings. The second kappa shape index (κ2) is 6.18. The molecule has 2 nitrogen and oxygen atoms in total. The van der Waals surface area contributed by atoms with Gasteiger partial charge >= 0.3 is 0 Å². The van der Waals surface area contributed by atoms with Crippen molar-refractivity contribution >= 4 is 6.21 Å². The lowest BCUT2D eigenvalue weighted by atomic mass is 10.2. The van der Waals surface area contributed by atoms with E-state index >= 15 is 0 Å². The van der Waals surface area contributed by atoms with E-state index in [1.165, 1.54) is 25.7 Å². The molecular formula is C10H23N2+. The van der Waals surface area contributed by atoms with Gasteiger partial charge in [-0.25, -0.2) is 4.59 Å². The van der Waals surface area contributed by atoms with Crippen molar-refractivity contribution in [2.24, 2.45) is 5.10 Å². The van der Waals surface area contributed by atoms with E-state index in [1.54, 1.807) is 0 Å². The molecule has 0 amide bonds. The maximum absolute atomic E-state index is 4.37. The summed E-state index contributed by atoms with van der Waals surface area (Å²) in [5, 5.41) is 4.37. The monoisotopic (exact) mass is 171 g/mol. The number of rotatable bonds is 6. The van der Waals surface area contributed by atoms with Gasteiger partial charge in [0.25, 0.3) is 0 Å². The lowest BCUT2D eigenvalue weighted by Crippen LogP contribution is -2.34. The van der Waals surface area contributed by atoms with E-state index < -0.39 is 0 Å². The Bertz CT molecular complexity index is 128. The van der Waals surface area contributed by atoms with Crippen molar-refractivity contribution in [3.05, 3.63) is 0 Å². The minimum absolute atomic E-state index is 0.778. The predicted molar refractivity (Wildman–Crippen MR) is 55.3 cm³/mol. The molecule has 0 aromatic heterocycles. The van der Waals surface area contributed by atoms with Gasteiger partial charge in [-0.05, 0) is 19.8 Å². The van der Waals surface area contributed by atoms with E-state index in [2.05, 4.69) is 26.1 Å². The van der Waals surface area contributed by atoms with Gasteiger partial charge in [0.2, 0.25) is 0 Å². The highest BCUT2D eigenvalue weighted by Crippen LogP contribution is 2.05. The Morgan fingerprint density at radius 3 is 2.33 bits per heavy atom. The van der Waals surface area contributed by atoms with Crippen LogP contribution in [0, 0.1) is 0 Å². The quantitative estimate of drug-likeness (QED) is 0.252. The summed E-state index contributed by atoms with van der Waals surface area (Å²) in [5.41, 5.74) is 0. The van der Waals surface area contributed by atoms with Crippen LogP contribution in [0.25, 0.3) is 0 Å². The van der Waals surface area contributed by atoms with Crippen LogP contribution in [0.2, 0.25) is 0 Å². The van der Waals surface area contributed by atoms with Crippen molar-refractivity contribution in [2.75, 3.05) is 20.6 Å². The highest BCUT2D eigenvalue weighted by atomic mass is 15.6. The fourth-order valence-corrected chi connectivity index (χ4v) is 1.30. The predicted octanol–water partition coefficient (Wildman–Crippen LogP) is 2.65. The van der Waals surface area contributed by atoms with E-state index in [0.29, 0.717) is 0 Å².